The first-order chi connectivity index (χ1) is 12.0. The highest BCUT2D eigenvalue weighted by Gasteiger charge is 2.16. The Labute approximate surface area is 152 Å². The Kier molecular flexibility index (Phi) is 6.78. The number of benzene rings is 2. The molecule has 0 aromatic heterocycles. The van der Waals surface area contributed by atoms with E-state index in [4.69, 9.17) is 21.1 Å². The van der Waals surface area contributed by atoms with Crippen LogP contribution in [0.2, 0.25) is 5.02 Å². The molecule has 0 bridgehead atoms. The van der Waals surface area contributed by atoms with Gasteiger partial charge in [-0.25, -0.2) is 4.79 Å². The molecule has 5 heteroatoms. The van der Waals surface area contributed by atoms with Crippen LogP contribution in [-0.4, -0.2) is 18.4 Å². The molecule has 0 saturated heterocycles. The highest BCUT2D eigenvalue weighted by molar-refractivity contribution is 6.30. The molecular weight excluding hydrogens is 340 g/mol. The molecule has 0 N–H and O–H groups in total. The van der Waals surface area contributed by atoms with Gasteiger partial charge < -0.3 is 9.47 Å². The number of carbonyl (C=O) groups is 2. The summed E-state index contributed by atoms with van der Waals surface area (Å²) in [7, 11) is 0. The molecule has 0 aliphatic heterocycles. The van der Waals surface area contributed by atoms with E-state index in [0.717, 1.165) is 5.56 Å². The summed E-state index contributed by atoms with van der Waals surface area (Å²) >= 11 is 5.87. The van der Waals surface area contributed by atoms with Crippen LogP contribution >= 0.6 is 11.6 Å². The first-order valence-electron chi connectivity index (χ1n) is 7.87. The number of Topliss-reactive ketones (excluding diaryl/α,β-unsaturated/α-hetero) is 1. The van der Waals surface area contributed by atoms with Crippen LogP contribution < -0.4 is 4.74 Å². The van der Waals surface area contributed by atoms with Crippen molar-refractivity contribution in [2.75, 3.05) is 6.61 Å². The van der Waals surface area contributed by atoms with Gasteiger partial charge in [0.2, 0.25) is 0 Å². The maximum absolute atomic E-state index is 11.9. The Hall–Kier alpha value is -2.59. The molecule has 25 heavy (non-hydrogen) atoms. The number of ketones is 1. The predicted molar refractivity (Wildman–Crippen MR) is 97.5 cm³/mol. The van der Waals surface area contributed by atoms with Crippen LogP contribution in [0.3, 0.4) is 0 Å². The van der Waals surface area contributed by atoms with Gasteiger partial charge in [0.25, 0.3) is 0 Å². The van der Waals surface area contributed by atoms with Gasteiger partial charge in [0.1, 0.15) is 17.9 Å². The molecule has 0 aliphatic rings. The number of esters is 1. The Balaban J connectivity index is 2.23. The fraction of sp³-hybridized carbons (Fsp3) is 0.200. The number of rotatable bonds is 7. The van der Waals surface area contributed by atoms with Gasteiger partial charge in [-0.05, 0) is 43.7 Å². The molecule has 0 spiro atoms. The number of hydrogen-bond acceptors (Lipinski definition) is 4. The minimum Gasteiger partial charge on any atom is -0.488 e. The lowest BCUT2D eigenvalue weighted by atomic mass is 10.1. The van der Waals surface area contributed by atoms with Gasteiger partial charge in [0.05, 0.1) is 6.61 Å². The minimum atomic E-state index is -0.637. The third-order valence-electron chi connectivity index (χ3n) is 3.40. The molecular formula is C20H19ClO4. The number of para-hydroxylation sites is 1. The van der Waals surface area contributed by atoms with Crippen molar-refractivity contribution >= 4 is 29.4 Å². The molecule has 0 heterocycles. The van der Waals surface area contributed by atoms with Crippen molar-refractivity contribution in [3.8, 4) is 5.75 Å². The van der Waals surface area contributed by atoms with Gasteiger partial charge in [-0.3, -0.25) is 4.79 Å². The second-order valence-corrected chi connectivity index (χ2v) is 5.72. The standard InChI is InChI=1S/C20H19ClO4/c1-3-24-20(23)18(14(2)22)12-16-6-4-5-7-19(16)25-13-15-8-10-17(21)11-9-15/h4-12H,3,13H2,1-2H3. The fourth-order valence-corrected chi connectivity index (χ4v) is 2.27. The van der Waals surface area contributed by atoms with Gasteiger partial charge >= 0.3 is 5.97 Å². The fourth-order valence-electron chi connectivity index (χ4n) is 2.14. The molecule has 0 amide bonds. The largest absolute Gasteiger partial charge is 0.488 e. The molecule has 0 fully saturated rings. The van der Waals surface area contributed by atoms with Crippen molar-refractivity contribution in [1.82, 2.24) is 0 Å². The SMILES string of the molecule is CCOC(=O)C(=Cc1ccccc1OCc1ccc(Cl)cc1)C(C)=O. The summed E-state index contributed by atoms with van der Waals surface area (Å²) in [5.41, 5.74) is 1.58. The molecule has 0 saturated carbocycles. The van der Waals surface area contributed by atoms with Crippen molar-refractivity contribution in [2.45, 2.75) is 20.5 Å². The molecule has 4 nitrogen and oxygen atoms in total. The number of hydrogen-bond donors (Lipinski definition) is 0. The van der Waals surface area contributed by atoms with Crippen LogP contribution in [0.4, 0.5) is 0 Å². The summed E-state index contributed by atoms with van der Waals surface area (Å²) in [5.74, 6) is -0.422. The Morgan fingerprint density at radius 3 is 2.40 bits per heavy atom. The second-order valence-electron chi connectivity index (χ2n) is 5.29. The lowest BCUT2D eigenvalue weighted by molar-refractivity contribution is -0.139. The van der Waals surface area contributed by atoms with E-state index in [-0.39, 0.29) is 18.0 Å². The van der Waals surface area contributed by atoms with Crippen molar-refractivity contribution < 1.29 is 19.1 Å². The van der Waals surface area contributed by atoms with Crippen molar-refractivity contribution in [1.29, 1.82) is 0 Å². The normalized spacial score (nSPS) is 11.1. The first kappa shape index (κ1) is 18.7. The second kappa shape index (κ2) is 9.04. The monoisotopic (exact) mass is 358 g/mol. The molecule has 0 atom stereocenters. The van der Waals surface area contributed by atoms with Gasteiger partial charge in [-0.2, -0.15) is 0 Å². The van der Waals surface area contributed by atoms with E-state index < -0.39 is 5.97 Å². The van der Waals surface area contributed by atoms with Crippen LogP contribution in [0.1, 0.15) is 25.0 Å². The Bertz CT molecular complexity index is 779. The molecule has 2 aromatic carbocycles. The van der Waals surface area contributed by atoms with E-state index in [0.29, 0.717) is 22.9 Å². The molecule has 0 unspecified atom stereocenters. The van der Waals surface area contributed by atoms with Crippen LogP contribution in [0.5, 0.6) is 5.75 Å². The number of ether oxygens (including phenoxy) is 2. The van der Waals surface area contributed by atoms with Crippen molar-refractivity contribution in [3.05, 3.63) is 70.3 Å². The van der Waals surface area contributed by atoms with E-state index in [1.165, 1.54) is 13.0 Å². The van der Waals surface area contributed by atoms with Crippen LogP contribution in [0.25, 0.3) is 6.08 Å². The minimum absolute atomic E-state index is 0.00982. The third kappa shape index (κ3) is 5.47. The lowest BCUT2D eigenvalue weighted by Gasteiger charge is -2.10. The summed E-state index contributed by atoms with van der Waals surface area (Å²) < 4.78 is 10.8. The topological polar surface area (TPSA) is 52.6 Å². The molecule has 2 aromatic rings. The quantitative estimate of drug-likeness (QED) is 0.317. The first-order valence-corrected chi connectivity index (χ1v) is 8.25. The zero-order valence-corrected chi connectivity index (χ0v) is 14.9. The number of halogens is 1. The van der Waals surface area contributed by atoms with Gasteiger partial charge in [-0.15, -0.1) is 0 Å². The summed E-state index contributed by atoms with van der Waals surface area (Å²) in [6.07, 6.45) is 1.50. The highest BCUT2D eigenvalue weighted by atomic mass is 35.5. The molecule has 2 rings (SSSR count). The average molecular weight is 359 g/mol. The van der Waals surface area contributed by atoms with Crippen LogP contribution in [0.15, 0.2) is 54.1 Å². The van der Waals surface area contributed by atoms with E-state index in [1.807, 2.05) is 24.3 Å². The third-order valence-corrected chi connectivity index (χ3v) is 3.65. The summed E-state index contributed by atoms with van der Waals surface area (Å²) in [4.78, 5) is 23.7. The molecule has 0 aliphatic carbocycles. The van der Waals surface area contributed by atoms with Crippen LogP contribution in [0, 0.1) is 0 Å². The smallest absolute Gasteiger partial charge is 0.341 e. The summed E-state index contributed by atoms with van der Waals surface area (Å²) in [6, 6.07) is 14.5. The maximum atomic E-state index is 11.9. The van der Waals surface area contributed by atoms with E-state index in [1.54, 1.807) is 31.2 Å². The molecule has 0 radical (unpaired) electrons. The molecule has 130 valence electrons. The highest BCUT2D eigenvalue weighted by Crippen LogP contribution is 2.23. The van der Waals surface area contributed by atoms with Crippen molar-refractivity contribution in [3.63, 3.8) is 0 Å². The van der Waals surface area contributed by atoms with E-state index in [9.17, 15) is 9.59 Å². The summed E-state index contributed by atoms with van der Waals surface area (Å²) in [5, 5.41) is 0.660. The van der Waals surface area contributed by atoms with Crippen molar-refractivity contribution in [2.24, 2.45) is 0 Å². The Morgan fingerprint density at radius 1 is 1.08 bits per heavy atom. The van der Waals surface area contributed by atoms with Crippen LogP contribution in [-0.2, 0) is 20.9 Å². The number of carbonyl (C=O) groups excluding carboxylic acids is 2. The van der Waals surface area contributed by atoms with E-state index >= 15 is 0 Å². The zero-order valence-electron chi connectivity index (χ0n) is 14.1. The summed E-state index contributed by atoms with van der Waals surface area (Å²) in [6.45, 7) is 3.58. The lowest BCUT2D eigenvalue weighted by Crippen LogP contribution is -2.13. The van der Waals surface area contributed by atoms with Gasteiger partial charge in [-0.1, -0.05) is 41.9 Å². The van der Waals surface area contributed by atoms with E-state index in [2.05, 4.69) is 0 Å². The zero-order chi connectivity index (χ0) is 18.2. The maximum Gasteiger partial charge on any atom is 0.341 e. The van der Waals surface area contributed by atoms with Gasteiger partial charge in [0.15, 0.2) is 5.78 Å². The average Bonchev–Trinajstić information content (AvgIpc) is 2.60. The van der Waals surface area contributed by atoms with Gasteiger partial charge in [0, 0.05) is 10.6 Å². The predicted octanol–water partition coefficient (Wildman–Crippen LogP) is 4.45. The Morgan fingerprint density at radius 2 is 1.76 bits per heavy atom.